The third-order valence-electron chi connectivity index (χ3n) is 5.75. The number of allylic oxidation sites excluding steroid dienone is 2. The monoisotopic (exact) mass is 490 g/mol. The van der Waals surface area contributed by atoms with E-state index in [0.717, 1.165) is 11.4 Å². The average Bonchev–Trinajstić information content (AvgIpc) is 3.40. The van der Waals surface area contributed by atoms with E-state index in [-0.39, 0.29) is 48.2 Å². The van der Waals surface area contributed by atoms with Gasteiger partial charge in [0.25, 0.3) is 11.8 Å². The Morgan fingerprint density at radius 2 is 1.84 bits per heavy atom. The number of esters is 1. The van der Waals surface area contributed by atoms with Crippen molar-refractivity contribution in [3.63, 3.8) is 0 Å². The molecule has 0 unspecified atom stereocenters. The molecule has 2 fully saturated rings. The van der Waals surface area contributed by atoms with Crippen molar-refractivity contribution in [2.75, 3.05) is 13.7 Å². The van der Waals surface area contributed by atoms with Gasteiger partial charge in [-0.25, -0.2) is 4.79 Å². The van der Waals surface area contributed by atoms with Crippen LogP contribution >= 0.6 is 15.9 Å². The van der Waals surface area contributed by atoms with Crippen molar-refractivity contribution < 1.29 is 28.6 Å². The maximum Gasteiger partial charge on any atom is 0.344 e. The first-order valence-electron chi connectivity index (χ1n) is 10.1. The van der Waals surface area contributed by atoms with E-state index in [4.69, 9.17) is 14.2 Å². The summed E-state index contributed by atoms with van der Waals surface area (Å²) in [5.41, 5.74) is 0.590. The van der Waals surface area contributed by atoms with Crippen molar-refractivity contribution in [2.24, 2.45) is 28.8 Å². The molecule has 1 saturated heterocycles. The number of nitrogens with zero attached hydrogens (tertiary/aromatic N) is 2. The second-order valence-electron chi connectivity index (χ2n) is 8.08. The van der Waals surface area contributed by atoms with Gasteiger partial charge in [-0.3, -0.25) is 9.59 Å². The van der Waals surface area contributed by atoms with Crippen LogP contribution in [0.4, 0.5) is 0 Å². The number of carbonyl (C=O) groups is 3. The highest BCUT2D eigenvalue weighted by atomic mass is 79.9. The molecular weight excluding hydrogens is 468 g/mol. The fourth-order valence-corrected chi connectivity index (χ4v) is 4.90. The Hall–Kier alpha value is -2.68. The number of carbonyl (C=O) groups excluding carboxylic acids is 3. The van der Waals surface area contributed by atoms with E-state index in [2.05, 4.69) is 21.0 Å². The number of fused-ring (bicyclic) bond motifs is 5. The van der Waals surface area contributed by atoms with E-state index in [0.29, 0.717) is 21.5 Å². The van der Waals surface area contributed by atoms with Gasteiger partial charge < -0.3 is 14.2 Å². The Morgan fingerprint density at radius 1 is 1.19 bits per heavy atom. The molecular formula is C22H23BrN2O6. The Labute approximate surface area is 188 Å². The summed E-state index contributed by atoms with van der Waals surface area (Å²) in [6, 6.07) is 3.28. The summed E-state index contributed by atoms with van der Waals surface area (Å²) in [5, 5.41) is 5.18. The molecule has 164 valence electrons. The zero-order chi connectivity index (χ0) is 22.3. The number of benzene rings is 1. The van der Waals surface area contributed by atoms with Gasteiger partial charge in [0.05, 0.1) is 31.3 Å². The Kier molecular flexibility index (Phi) is 5.88. The van der Waals surface area contributed by atoms with Crippen molar-refractivity contribution in [1.82, 2.24) is 5.01 Å². The number of hydrogen-bond donors (Lipinski definition) is 0. The number of hydrogen-bond acceptors (Lipinski definition) is 7. The summed E-state index contributed by atoms with van der Waals surface area (Å²) in [5.74, 6) is -0.561. The molecule has 9 heteroatoms. The first-order chi connectivity index (χ1) is 14.8. The van der Waals surface area contributed by atoms with Crippen molar-refractivity contribution in [3.05, 3.63) is 34.3 Å². The summed E-state index contributed by atoms with van der Waals surface area (Å²) >= 11 is 3.43. The molecule has 31 heavy (non-hydrogen) atoms. The molecule has 0 radical (unpaired) electrons. The maximum atomic E-state index is 12.8. The molecule has 2 amide bonds. The minimum Gasteiger partial charge on any atom is -0.493 e. The second-order valence-corrected chi connectivity index (χ2v) is 8.94. The fourth-order valence-electron chi connectivity index (χ4n) is 4.48. The Bertz CT molecular complexity index is 958. The molecule has 3 aliphatic rings. The SMILES string of the molecule is COc1cc(C=NN2C(=O)[C@@H]3[C@H](C2=O)[C@H]2C=C[C@H]3C2)c(Br)cc1OCC(=O)OC(C)C. The zero-order valence-corrected chi connectivity index (χ0v) is 19.0. The van der Waals surface area contributed by atoms with E-state index in [1.807, 2.05) is 12.2 Å². The third kappa shape index (κ3) is 3.98. The van der Waals surface area contributed by atoms with Crippen molar-refractivity contribution >= 4 is 39.9 Å². The van der Waals surface area contributed by atoms with Crippen LogP contribution in [0.3, 0.4) is 0 Å². The molecule has 1 aromatic carbocycles. The molecule has 0 spiro atoms. The molecule has 1 aromatic rings. The third-order valence-corrected chi connectivity index (χ3v) is 6.44. The highest BCUT2D eigenvalue weighted by Crippen LogP contribution is 2.52. The molecule has 0 N–H and O–H groups in total. The van der Waals surface area contributed by atoms with Crippen LogP contribution < -0.4 is 9.47 Å². The van der Waals surface area contributed by atoms with E-state index >= 15 is 0 Å². The highest BCUT2D eigenvalue weighted by Gasteiger charge is 2.59. The number of halogens is 1. The first-order valence-corrected chi connectivity index (χ1v) is 10.9. The van der Waals surface area contributed by atoms with Crippen molar-refractivity contribution in [3.8, 4) is 11.5 Å². The van der Waals surface area contributed by atoms with Crippen molar-refractivity contribution in [2.45, 2.75) is 26.4 Å². The zero-order valence-electron chi connectivity index (χ0n) is 17.4. The number of amides is 2. The van der Waals surface area contributed by atoms with Gasteiger partial charge in [0.2, 0.25) is 0 Å². The molecule has 4 atom stereocenters. The smallest absolute Gasteiger partial charge is 0.344 e. The van der Waals surface area contributed by atoms with Gasteiger partial charge in [0, 0.05) is 10.0 Å². The van der Waals surface area contributed by atoms with Crippen LogP contribution in [0.15, 0.2) is 33.9 Å². The van der Waals surface area contributed by atoms with Gasteiger partial charge >= 0.3 is 5.97 Å². The van der Waals surface area contributed by atoms with E-state index in [1.165, 1.54) is 13.3 Å². The summed E-state index contributed by atoms with van der Waals surface area (Å²) in [6.45, 7) is 3.26. The van der Waals surface area contributed by atoms with Crippen LogP contribution in [-0.4, -0.2) is 48.8 Å². The number of rotatable bonds is 7. The van der Waals surface area contributed by atoms with Gasteiger partial charge in [-0.2, -0.15) is 10.1 Å². The first kappa shape index (κ1) is 21.5. The quantitative estimate of drug-likeness (QED) is 0.252. The molecule has 1 heterocycles. The lowest BCUT2D eigenvalue weighted by molar-refractivity contribution is -0.149. The molecule has 4 rings (SSSR count). The maximum absolute atomic E-state index is 12.8. The van der Waals surface area contributed by atoms with Crippen LogP contribution in [0.1, 0.15) is 25.8 Å². The number of hydrazone groups is 1. The van der Waals surface area contributed by atoms with Gasteiger partial charge in [0.15, 0.2) is 18.1 Å². The van der Waals surface area contributed by atoms with Crippen molar-refractivity contribution in [1.29, 1.82) is 0 Å². The topological polar surface area (TPSA) is 94.5 Å². The van der Waals surface area contributed by atoms with Gasteiger partial charge in [-0.1, -0.05) is 12.2 Å². The number of imide groups is 1. The Balaban J connectivity index is 1.49. The largest absolute Gasteiger partial charge is 0.493 e. The number of ether oxygens (including phenoxy) is 3. The average molecular weight is 491 g/mol. The summed E-state index contributed by atoms with van der Waals surface area (Å²) in [4.78, 5) is 37.2. The van der Waals surface area contributed by atoms with E-state index in [1.54, 1.807) is 26.0 Å². The lowest BCUT2D eigenvalue weighted by atomic mass is 9.85. The molecule has 1 aliphatic heterocycles. The minimum absolute atomic E-state index is 0.136. The van der Waals surface area contributed by atoms with Crippen LogP contribution in [0, 0.1) is 23.7 Å². The minimum atomic E-state index is -0.487. The molecule has 2 bridgehead atoms. The summed E-state index contributed by atoms with van der Waals surface area (Å²) in [6.07, 6.45) is 6.17. The molecule has 8 nitrogen and oxygen atoms in total. The molecule has 2 aliphatic carbocycles. The predicted molar refractivity (Wildman–Crippen MR) is 115 cm³/mol. The van der Waals surface area contributed by atoms with Crippen LogP contribution in [0.5, 0.6) is 11.5 Å². The normalized spacial score (nSPS) is 26.3. The van der Waals surface area contributed by atoms with E-state index in [9.17, 15) is 14.4 Å². The fraction of sp³-hybridized carbons (Fsp3) is 0.455. The van der Waals surface area contributed by atoms with Gasteiger partial charge in [0.1, 0.15) is 0 Å². The standard InChI is InChI=1S/C22H23BrN2O6/c1-11(2)31-18(26)10-30-17-8-15(23)14(7-16(17)29-3)9-24-25-21(27)19-12-4-5-13(6-12)20(19)22(25)28/h4-5,7-9,11-13,19-20H,6,10H2,1-3H3/t12-,13-,19-,20+/m0/s1. The van der Waals surface area contributed by atoms with Crippen LogP contribution in [0.25, 0.3) is 0 Å². The lowest BCUT2D eigenvalue weighted by Crippen LogP contribution is -2.28. The molecule has 1 saturated carbocycles. The number of methoxy groups -OCH3 is 1. The second kappa shape index (κ2) is 8.45. The summed E-state index contributed by atoms with van der Waals surface area (Å²) in [7, 11) is 1.47. The Morgan fingerprint density at radius 3 is 2.42 bits per heavy atom. The van der Waals surface area contributed by atoms with E-state index < -0.39 is 5.97 Å². The van der Waals surface area contributed by atoms with Gasteiger partial charge in [-0.15, -0.1) is 0 Å². The van der Waals surface area contributed by atoms with Gasteiger partial charge in [-0.05, 0) is 60.2 Å². The predicted octanol–water partition coefficient (Wildman–Crippen LogP) is 2.93. The van der Waals surface area contributed by atoms with Crippen LogP contribution in [0.2, 0.25) is 0 Å². The summed E-state index contributed by atoms with van der Waals surface area (Å²) < 4.78 is 16.5. The molecule has 0 aromatic heterocycles. The van der Waals surface area contributed by atoms with Crippen LogP contribution in [-0.2, 0) is 19.1 Å². The highest BCUT2D eigenvalue weighted by molar-refractivity contribution is 9.10. The lowest BCUT2D eigenvalue weighted by Gasteiger charge is -2.14.